The van der Waals surface area contributed by atoms with Crippen molar-refractivity contribution < 1.29 is 14.0 Å². The zero-order chi connectivity index (χ0) is 13.8. The van der Waals surface area contributed by atoms with Crippen molar-refractivity contribution in [1.82, 2.24) is 0 Å². The molecule has 1 fully saturated rings. The van der Waals surface area contributed by atoms with E-state index < -0.39 is 17.6 Å². The summed E-state index contributed by atoms with van der Waals surface area (Å²) < 4.78 is 13.7. The van der Waals surface area contributed by atoms with Crippen LogP contribution in [-0.4, -0.2) is 18.2 Å². The van der Waals surface area contributed by atoms with Crippen molar-refractivity contribution in [2.75, 3.05) is 11.4 Å². The summed E-state index contributed by atoms with van der Waals surface area (Å²) in [6.07, 6.45) is 0.785. The molecule has 0 radical (unpaired) electrons. The number of piperidine rings is 1. The van der Waals surface area contributed by atoms with Crippen LogP contribution < -0.4 is 4.90 Å². The number of benzene rings is 1. The first-order valence-corrected chi connectivity index (χ1v) is 6.10. The van der Waals surface area contributed by atoms with Crippen LogP contribution in [0.3, 0.4) is 0 Å². The minimum absolute atomic E-state index is 0.196. The monoisotopic (exact) mass is 260 g/mol. The molecule has 0 spiro atoms. The van der Waals surface area contributed by atoms with Gasteiger partial charge in [0.1, 0.15) is 5.82 Å². The van der Waals surface area contributed by atoms with Gasteiger partial charge in [0.2, 0.25) is 5.91 Å². The quantitative estimate of drug-likeness (QED) is 0.781. The molecule has 1 unspecified atom stereocenters. The van der Waals surface area contributed by atoms with Crippen molar-refractivity contribution >= 4 is 17.4 Å². The fourth-order valence-corrected chi connectivity index (χ4v) is 2.28. The fraction of sp³-hybridized carbons (Fsp3) is 0.357. The lowest BCUT2D eigenvalue weighted by Crippen LogP contribution is -2.44. The summed E-state index contributed by atoms with van der Waals surface area (Å²) in [6, 6.07) is 7.75. The second kappa shape index (κ2) is 5.61. The number of carbonyl (C=O) groups excluding carboxylic acids is 2. The van der Waals surface area contributed by atoms with E-state index in [0.29, 0.717) is 19.4 Å². The van der Waals surface area contributed by atoms with Crippen molar-refractivity contribution in [2.24, 2.45) is 5.92 Å². The predicted octanol–water partition coefficient (Wildman–Crippen LogP) is 2.05. The SMILES string of the molecule is N#CCC(=O)C1CCCN(c2ccccc2F)C1=O. The van der Waals surface area contributed by atoms with Crippen LogP contribution >= 0.6 is 0 Å². The number of carbonyl (C=O) groups is 2. The molecule has 1 aliphatic rings. The van der Waals surface area contributed by atoms with Gasteiger partial charge in [-0.15, -0.1) is 0 Å². The van der Waals surface area contributed by atoms with E-state index >= 15 is 0 Å². The van der Waals surface area contributed by atoms with E-state index in [-0.39, 0.29) is 17.9 Å². The number of hydrogen-bond acceptors (Lipinski definition) is 3. The maximum absolute atomic E-state index is 13.7. The Morgan fingerprint density at radius 3 is 2.89 bits per heavy atom. The standard InChI is InChI=1S/C14H13FN2O2/c15-11-5-1-2-6-12(11)17-9-3-4-10(14(17)19)13(18)7-8-16/h1-2,5-6,10H,3-4,7,9H2. The summed E-state index contributed by atoms with van der Waals surface area (Å²) in [7, 11) is 0. The maximum atomic E-state index is 13.7. The largest absolute Gasteiger partial charge is 0.309 e. The second-order valence-electron chi connectivity index (χ2n) is 4.44. The lowest BCUT2D eigenvalue weighted by molar-refractivity contribution is -0.133. The van der Waals surface area contributed by atoms with Crippen LogP contribution in [0.2, 0.25) is 0 Å². The van der Waals surface area contributed by atoms with Crippen LogP contribution in [0.15, 0.2) is 24.3 Å². The summed E-state index contributed by atoms with van der Waals surface area (Å²) in [5.74, 6) is -2.08. The van der Waals surface area contributed by atoms with Crippen LogP contribution in [0.5, 0.6) is 0 Å². The summed E-state index contributed by atoms with van der Waals surface area (Å²) in [6.45, 7) is 0.399. The van der Waals surface area contributed by atoms with E-state index in [1.807, 2.05) is 0 Å². The van der Waals surface area contributed by atoms with E-state index in [9.17, 15) is 14.0 Å². The van der Waals surface area contributed by atoms with E-state index in [1.165, 1.54) is 17.0 Å². The van der Waals surface area contributed by atoms with Crippen molar-refractivity contribution in [3.8, 4) is 6.07 Å². The average molecular weight is 260 g/mol. The molecule has 1 aromatic rings. The number of hydrogen-bond donors (Lipinski definition) is 0. The van der Waals surface area contributed by atoms with Gasteiger partial charge in [-0.05, 0) is 25.0 Å². The van der Waals surface area contributed by atoms with E-state index in [1.54, 1.807) is 18.2 Å². The second-order valence-corrected chi connectivity index (χ2v) is 4.44. The molecule has 1 atom stereocenters. The van der Waals surface area contributed by atoms with Crippen molar-refractivity contribution in [3.05, 3.63) is 30.1 Å². The Morgan fingerprint density at radius 2 is 2.21 bits per heavy atom. The summed E-state index contributed by atoms with van der Waals surface area (Å²) >= 11 is 0. The smallest absolute Gasteiger partial charge is 0.237 e. The molecular formula is C14H13FN2O2. The molecule has 1 saturated heterocycles. The van der Waals surface area contributed by atoms with Gasteiger partial charge in [0.05, 0.1) is 24.1 Å². The van der Waals surface area contributed by atoms with Crippen molar-refractivity contribution in [1.29, 1.82) is 5.26 Å². The van der Waals surface area contributed by atoms with Gasteiger partial charge in [-0.1, -0.05) is 12.1 Å². The maximum Gasteiger partial charge on any atom is 0.237 e. The van der Waals surface area contributed by atoms with Crippen molar-refractivity contribution in [2.45, 2.75) is 19.3 Å². The normalized spacial score (nSPS) is 19.1. The van der Waals surface area contributed by atoms with E-state index in [0.717, 1.165) is 0 Å². The molecule has 2 rings (SSSR count). The molecule has 0 aliphatic carbocycles. The van der Waals surface area contributed by atoms with Gasteiger partial charge < -0.3 is 4.90 Å². The van der Waals surface area contributed by atoms with Gasteiger partial charge in [0.15, 0.2) is 5.78 Å². The summed E-state index contributed by atoms with van der Waals surface area (Å²) in [5.41, 5.74) is 0.196. The molecule has 0 aromatic heterocycles. The number of Topliss-reactive ketones (excluding diaryl/α,β-unsaturated/α-hetero) is 1. The third kappa shape index (κ3) is 2.63. The number of nitrogens with zero attached hydrogens (tertiary/aromatic N) is 2. The first-order valence-electron chi connectivity index (χ1n) is 6.10. The zero-order valence-corrected chi connectivity index (χ0v) is 10.3. The Labute approximate surface area is 110 Å². The van der Waals surface area contributed by atoms with Gasteiger partial charge >= 0.3 is 0 Å². The van der Waals surface area contributed by atoms with Gasteiger partial charge in [0.25, 0.3) is 0 Å². The summed E-state index contributed by atoms with van der Waals surface area (Å²) in [4.78, 5) is 25.2. The zero-order valence-electron chi connectivity index (χ0n) is 10.3. The highest BCUT2D eigenvalue weighted by molar-refractivity contribution is 6.09. The minimum atomic E-state index is -0.812. The van der Waals surface area contributed by atoms with Gasteiger partial charge in [-0.3, -0.25) is 9.59 Å². The van der Waals surface area contributed by atoms with E-state index in [2.05, 4.69) is 0 Å². The number of halogens is 1. The molecule has 1 aliphatic heterocycles. The molecule has 0 N–H and O–H groups in total. The topological polar surface area (TPSA) is 61.2 Å². The Morgan fingerprint density at radius 1 is 1.47 bits per heavy atom. The third-order valence-electron chi connectivity index (χ3n) is 3.22. The van der Waals surface area contributed by atoms with Crippen LogP contribution in [0.4, 0.5) is 10.1 Å². The molecule has 5 heteroatoms. The minimum Gasteiger partial charge on any atom is -0.309 e. The Balaban J connectivity index is 2.24. The number of amides is 1. The van der Waals surface area contributed by atoms with Crippen LogP contribution in [-0.2, 0) is 9.59 Å². The van der Waals surface area contributed by atoms with Crippen molar-refractivity contribution in [3.63, 3.8) is 0 Å². The fourth-order valence-electron chi connectivity index (χ4n) is 2.28. The third-order valence-corrected chi connectivity index (χ3v) is 3.22. The lowest BCUT2D eigenvalue weighted by atomic mass is 9.91. The van der Waals surface area contributed by atoms with Crippen LogP contribution in [0, 0.1) is 23.1 Å². The lowest BCUT2D eigenvalue weighted by Gasteiger charge is -2.31. The molecular weight excluding hydrogens is 247 g/mol. The number of rotatable bonds is 3. The highest BCUT2D eigenvalue weighted by Gasteiger charge is 2.35. The highest BCUT2D eigenvalue weighted by atomic mass is 19.1. The van der Waals surface area contributed by atoms with Crippen LogP contribution in [0.25, 0.3) is 0 Å². The number of nitriles is 1. The van der Waals surface area contributed by atoms with E-state index in [4.69, 9.17) is 5.26 Å². The van der Waals surface area contributed by atoms with Gasteiger partial charge in [-0.2, -0.15) is 5.26 Å². The molecule has 1 amide bonds. The Kier molecular flexibility index (Phi) is 3.91. The van der Waals surface area contributed by atoms with Gasteiger partial charge in [-0.25, -0.2) is 4.39 Å². The summed E-state index contributed by atoms with van der Waals surface area (Å²) in [5, 5.41) is 8.52. The molecule has 19 heavy (non-hydrogen) atoms. The number of ketones is 1. The molecule has 0 saturated carbocycles. The first-order chi connectivity index (χ1) is 9.15. The molecule has 1 aromatic carbocycles. The molecule has 4 nitrogen and oxygen atoms in total. The number of para-hydroxylation sites is 1. The van der Waals surface area contributed by atoms with Crippen LogP contribution in [0.1, 0.15) is 19.3 Å². The molecule has 98 valence electrons. The first kappa shape index (κ1) is 13.2. The molecule has 0 bridgehead atoms. The predicted molar refractivity (Wildman–Crippen MR) is 66.7 cm³/mol. The Bertz CT molecular complexity index is 551. The highest BCUT2D eigenvalue weighted by Crippen LogP contribution is 2.27. The average Bonchev–Trinajstić information content (AvgIpc) is 2.40. The number of anilines is 1. The van der Waals surface area contributed by atoms with Gasteiger partial charge in [0, 0.05) is 6.54 Å². The molecule has 1 heterocycles. The Hall–Kier alpha value is -2.22.